The Labute approximate surface area is 162 Å². The van der Waals surface area contributed by atoms with Gasteiger partial charge in [-0.1, -0.05) is 0 Å². The Hall–Kier alpha value is -3.17. The van der Waals surface area contributed by atoms with Crippen molar-refractivity contribution in [1.82, 2.24) is 14.8 Å². The number of nitrogens with zero attached hydrogens (tertiary/aromatic N) is 4. The van der Waals surface area contributed by atoms with E-state index < -0.39 is 29.7 Å². The number of carbonyl (C=O) groups is 1. The van der Waals surface area contributed by atoms with Gasteiger partial charge in [-0.2, -0.15) is 0 Å². The second-order valence-electron chi connectivity index (χ2n) is 7.41. The monoisotopic (exact) mass is 405 g/mol. The fraction of sp³-hybridized carbons (Fsp3) is 0.316. The molecule has 10 heteroatoms. The van der Waals surface area contributed by atoms with E-state index in [4.69, 9.17) is 0 Å². The van der Waals surface area contributed by atoms with Crippen molar-refractivity contribution in [1.29, 1.82) is 0 Å². The Morgan fingerprint density at radius 1 is 1.24 bits per heavy atom. The van der Waals surface area contributed by atoms with Crippen LogP contribution >= 0.6 is 0 Å². The highest BCUT2D eigenvalue weighted by atomic mass is 19.3. The number of halogens is 4. The van der Waals surface area contributed by atoms with Crippen molar-refractivity contribution in [3.63, 3.8) is 0 Å². The zero-order chi connectivity index (χ0) is 20.3. The first-order chi connectivity index (χ1) is 13.8. The van der Waals surface area contributed by atoms with Crippen LogP contribution in [0.5, 0.6) is 0 Å². The number of nitrogens with one attached hydrogen (secondary N) is 1. The van der Waals surface area contributed by atoms with Gasteiger partial charge in [-0.05, 0) is 30.7 Å². The molecular weight excluding hydrogens is 390 g/mol. The van der Waals surface area contributed by atoms with E-state index in [0.717, 1.165) is 0 Å². The van der Waals surface area contributed by atoms with Gasteiger partial charge >= 0.3 is 0 Å². The Bertz CT molecular complexity index is 1120. The van der Waals surface area contributed by atoms with Gasteiger partial charge in [-0.15, -0.1) is 5.10 Å². The molecule has 29 heavy (non-hydrogen) atoms. The summed E-state index contributed by atoms with van der Waals surface area (Å²) in [5.41, 5.74) is 1.26. The third-order valence-electron chi connectivity index (χ3n) is 5.06. The zero-order valence-corrected chi connectivity index (χ0v) is 14.9. The quantitative estimate of drug-likeness (QED) is 0.677. The average molecular weight is 405 g/mol. The summed E-state index contributed by atoms with van der Waals surface area (Å²) in [6.45, 7) is -0.739. The number of pyridine rings is 1. The number of anilines is 2. The maximum Gasteiger partial charge on any atom is 0.282 e. The number of aromatic nitrogens is 3. The van der Waals surface area contributed by atoms with E-state index in [2.05, 4.69) is 15.4 Å². The maximum absolute atomic E-state index is 14.4. The van der Waals surface area contributed by atoms with Crippen molar-refractivity contribution in [3.05, 3.63) is 42.5 Å². The van der Waals surface area contributed by atoms with Crippen LogP contribution in [0, 0.1) is 11.7 Å². The largest absolute Gasteiger partial charge is 0.358 e. The van der Waals surface area contributed by atoms with Gasteiger partial charge in [0.1, 0.15) is 17.7 Å². The SMILES string of the molecule is O=C(Nc1ccc(F)c(-n2cc3cc(N4CC(F)(F)C4)cnc3n2)c1)[C@H]1C[C@@H]1F. The molecular formula is C19H15F4N5O. The standard InChI is InChI=1S/C19H15F4N5O/c20-14-2-1-11(25-18(29)13-5-15(13)21)4-16(14)28-7-10-3-12(6-24-17(10)26-28)27-8-19(22,23)9-27/h1-4,6-7,13,15H,5,8-9H2,(H,25,29)/t13-,15-/m0/s1. The smallest absolute Gasteiger partial charge is 0.282 e. The lowest BCUT2D eigenvalue weighted by molar-refractivity contribution is -0.117. The number of carbonyl (C=O) groups excluding carboxylic acids is 1. The van der Waals surface area contributed by atoms with Gasteiger partial charge in [0.15, 0.2) is 5.65 Å². The summed E-state index contributed by atoms with van der Waals surface area (Å²) < 4.78 is 54.8. The lowest BCUT2D eigenvalue weighted by atomic mass is 10.1. The van der Waals surface area contributed by atoms with E-state index in [1.807, 2.05) is 0 Å². The van der Waals surface area contributed by atoms with Crippen molar-refractivity contribution >= 4 is 28.3 Å². The summed E-state index contributed by atoms with van der Waals surface area (Å²) in [4.78, 5) is 17.6. The van der Waals surface area contributed by atoms with Gasteiger partial charge in [0.25, 0.3) is 5.92 Å². The first kappa shape index (κ1) is 17.9. The highest BCUT2D eigenvalue weighted by Gasteiger charge is 2.44. The van der Waals surface area contributed by atoms with Crippen molar-refractivity contribution in [2.24, 2.45) is 5.92 Å². The molecule has 2 aromatic heterocycles. The molecule has 1 aliphatic carbocycles. The van der Waals surface area contributed by atoms with E-state index in [-0.39, 0.29) is 25.2 Å². The van der Waals surface area contributed by atoms with Crippen LogP contribution in [0.25, 0.3) is 16.7 Å². The molecule has 1 saturated carbocycles. The topological polar surface area (TPSA) is 63.1 Å². The van der Waals surface area contributed by atoms with Gasteiger partial charge < -0.3 is 10.2 Å². The second kappa shape index (κ2) is 6.16. The number of rotatable bonds is 4. The summed E-state index contributed by atoms with van der Waals surface area (Å²) in [5.74, 6) is -4.38. The summed E-state index contributed by atoms with van der Waals surface area (Å²) in [6, 6.07) is 5.62. The number of benzene rings is 1. The van der Waals surface area contributed by atoms with E-state index in [1.165, 1.54) is 40.2 Å². The van der Waals surface area contributed by atoms with Crippen LogP contribution in [0.4, 0.5) is 28.9 Å². The lowest BCUT2D eigenvalue weighted by Gasteiger charge is -2.40. The molecule has 3 aromatic rings. The van der Waals surface area contributed by atoms with Crippen molar-refractivity contribution in [2.45, 2.75) is 18.5 Å². The summed E-state index contributed by atoms with van der Waals surface area (Å²) in [7, 11) is 0. The molecule has 0 radical (unpaired) electrons. The van der Waals surface area contributed by atoms with Gasteiger partial charge in [0.2, 0.25) is 5.91 Å². The number of alkyl halides is 3. The molecule has 1 aliphatic heterocycles. The average Bonchev–Trinajstić information content (AvgIpc) is 3.24. The fourth-order valence-corrected chi connectivity index (χ4v) is 3.33. The van der Waals surface area contributed by atoms with Crippen LogP contribution in [0.2, 0.25) is 0 Å². The first-order valence-corrected chi connectivity index (χ1v) is 9.02. The summed E-state index contributed by atoms with van der Waals surface area (Å²) >= 11 is 0. The minimum Gasteiger partial charge on any atom is -0.358 e. The van der Waals surface area contributed by atoms with E-state index in [1.54, 1.807) is 6.07 Å². The molecule has 3 heterocycles. The number of hydrogen-bond acceptors (Lipinski definition) is 4. The van der Waals surface area contributed by atoms with Crippen molar-refractivity contribution in [3.8, 4) is 5.69 Å². The van der Waals surface area contributed by atoms with Crippen molar-refractivity contribution < 1.29 is 22.4 Å². The Morgan fingerprint density at radius 3 is 2.69 bits per heavy atom. The van der Waals surface area contributed by atoms with Gasteiger partial charge in [-0.25, -0.2) is 27.2 Å². The Morgan fingerprint density at radius 2 is 2.00 bits per heavy atom. The van der Waals surface area contributed by atoms with Crippen LogP contribution in [-0.2, 0) is 4.79 Å². The third kappa shape index (κ3) is 3.28. The fourth-order valence-electron chi connectivity index (χ4n) is 3.33. The molecule has 6 nitrogen and oxygen atoms in total. The molecule has 2 atom stereocenters. The van der Waals surface area contributed by atoms with Crippen molar-refractivity contribution in [2.75, 3.05) is 23.3 Å². The Kier molecular flexibility index (Phi) is 3.80. The first-order valence-electron chi connectivity index (χ1n) is 9.02. The molecule has 1 aromatic carbocycles. The molecule has 1 amide bonds. The van der Waals surface area contributed by atoms with Crippen LogP contribution in [0.15, 0.2) is 36.7 Å². The molecule has 5 rings (SSSR count). The molecule has 1 N–H and O–H groups in total. The van der Waals surface area contributed by atoms with Gasteiger partial charge in [-0.3, -0.25) is 4.79 Å². The van der Waals surface area contributed by atoms with Crippen LogP contribution in [0.3, 0.4) is 0 Å². The number of hydrogen-bond donors (Lipinski definition) is 1. The minimum atomic E-state index is -2.70. The van der Waals surface area contributed by atoms with Crippen LogP contribution in [-0.4, -0.2) is 45.9 Å². The molecule has 0 bridgehead atoms. The molecule has 1 saturated heterocycles. The molecule has 0 unspecified atom stereocenters. The predicted molar refractivity (Wildman–Crippen MR) is 97.6 cm³/mol. The molecule has 2 aliphatic rings. The lowest BCUT2D eigenvalue weighted by Crippen LogP contribution is -2.56. The second-order valence-corrected chi connectivity index (χ2v) is 7.41. The molecule has 0 spiro atoms. The van der Waals surface area contributed by atoms with Gasteiger partial charge in [0, 0.05) is 17.3 Å². The highest BCUT2D eigenvalue weighted by molar-refractivity contribution is 5.95. The summed E-state index contributed by atoms with van der Waals surface area (Å²) in [5, 5.41) is 7.35. The van der Waals surface area contributed by atoms with E-state index in [9.17, 15) is 22.4 Å². The van der Waals surface area contributed by atoms with E-state index >= 15 is 0 Å². The summed E-state index contributed by atoms with van der Waals surface area (Å²) in [6.07, 6.45) is 2.05. The maximum atomic E-state index is 14.4. The van der Waals surface area contributed by atoms with Gasteiger partial charge in [0.05, 0.1) is 30.9 Å². The van der Waals surface area contributed by atoms with E-state index in [0.29, 0.717) is 22.4 Å². The zero-order valence-electron chi connectivity index (χ0n) is 14.9. The minimum absolute atomic E-state index is 0.0745. The van der Waals surface area contributed by atoms with Crippen LogP contribution in [0.1, 0.15) is 6.42 Å². The highest BCUT2D eigenvalue weighted by Crippen LogP contribution is 2.35. The number of amides is 1. The molecule has 2 fully saturated rings. The predicted octanol–water partition coefficient (Wildman–Crippen LogP) is 3.31. The van der Waals surface area contributed by atoms with Crippen LogP contribution < -0.4 is 10.2 Å². The number of fused-ring (bicyclic) bond motifs is 1. The third-order valence-corrected chi connectivity index (χ3v) is 5.06. The normalized spacial score (nSPS) is 22.4. The Balaban J connectivity index is 1.42. The molecule has 150 valence electrons.